The molecule has 0 aliphatic carbocycles. The van der Waals surface area contributed by atoms with Crippen LogP contribution in [-0.4, -0.2) is 33.0 Å². The Hall–Kier alpha value is -3.13. The molecule has 2 aromatic heterocycles. The average molecular weight is 360 g/mol. The zero-order chi connectivity index (χ0) is 17.8. The first-order valence-electron chi connectivity index (χ1n) is 7.01. The fraction of sp³-hybridized carbons (Fsp3) is 0.0625. The lowest BCUT2D eigenvalue weighted by Crippen LogP contribution is -2.15. The molecule has 0 aliphatic heterocycles. The van der Waals surface area contributed by atoms with Gasteiger partial charge in [0.2, 0.25) is 5.88 Å². The quantitative estimate of drug-likeness (QED) is 0.770. The third kappa shape index (κ3) is 4.04. The number of nitrogens with zero attached hydrogens (tertiary/aromatic N) is 4. The highest BCUT2D eigenvalue weighted by atomic mass is 35.5. The molecule has 3 rings (SSSR count). The molecule has 0 aliphatic rings. The van der Waals surface area contributed by atoms with Crippen LogP contribution in [0.4, 0.5) is 10.2 Å². The molecule has 0 saturated heterocycles. The maximum absolute atomic E-state index is 13.5. The monoisotopic (exact) mass is 359 g/mol. The molecule has 0 spiro atoms. The predicted molar refractivity (Wildman–Crippen MR) is 89.0 cm³/mol. The maximum atomic E-state index is 13.5. The number of carbonyl (C=O) groups is 1. The summed E-state index contributed by atoms with van der Waals surface area (Å²) >= 11 is 5.85. The molecular weight excluding hydrogens is 349 g/mol. The minimum Gasteiger partial charge on any atom is -0.480 e. The Morgan fingerprint density at radius 3 is 2.64 bits per heavy atom. The van der Waals surface area contributed by atoms with Crippen molar-refractivity contribution in [1.82, 2.24) is 19.9 Å². The van der Waals surface area contributed by atoms with Gasteiger partial charge < -0.3 is 10.1 Å². The zero-order valence-electron chi connectivity index (χ0n) is 12.9. The molecule has 1 amide bonds. The van der Waals surface area contributed by atoms with Crippen molar-refractivity contribution >= 4 is 23.3 Å². The second-order valence-electron chi connectivity index (χ2n) is 4.84. The molecule has 2 heterocycles. The van der Waals surface area contributed by atoms with Gasteiger partial charge in [0.1, 0.15) is 17.8 Å². The van der Waals surface area contributed by atoms with Gasteiger partial charge in [0.25, 0.3) is 5.91 Å². The highest BCUT2D eigenvalue weighted by Crippen LogP contribution is 2.23. The Morgan fingerprint density at radius 2 is 1.96 bits per heavy atom. The highest BCUT2D eigenvalue weighted by molar-refractivity contribution is 6.30. The van der Waals surface area contributed by atoms with E-state index in [1.54, 1.807) is 6.07 Å². The molecule has 9 heteroatoms. The van der Waals surface area contributed by atoms with E-state index in [2.05, 4.69) is 25.3 Å². The van der Waals surface area contributed by atoms with Gasteiger partial charge in [0, 0.05) is 10.6 Å². The Labute approximate surface area is 146 Å². The summed E-state index contributed by atoms with van der Waals surface area (Å²) < 4.78 is 18.4. The van der Waals surface area contributed by atoms with Crippen LogP contribution in [0.1, 0.15) is 10.5 Å². The summed E-state index contributed by atoms with van der Waals surface area (Å²) in [7, 11) is 1.46. The molecule has 0 bridgehead atoms. The number of amides is 1. The van der Waals surface area contributed by atoms with Crippen LogP contribution in [0.15, 0.2) is 43.0 Å². The van der Waals surface area contributed by atoms with Crippen molar-refractivity contribution in [3.8, 4) is 17.1 Å². The third-order valence-electron chi connectivity index (χ3n) is 3.14. The number of rotatable bonds is 4. The molecule has 0 saturated carbocycles. The number of carbonyl (C=O) groups excluding carboxylic acids is 1. The van der Waals surface area contributed by atoms with Crippen LogP contribution in [0.3, 0.4) is 0 Å². The molecule has 126 valence electrons. The molecule has 0 fully saturated rings. The van der Waals surface area contributed by atoms with Gasteiger partial charge >= 0.3 is 0 Å². The number of hydrogen-bond donors (Lipinski definition) is 1. The summed E-state index contributed by atoms with van der Waals surface area (Å²) in [4.78, 5) is 28.2. The van der Waals surface area contributed by atoms with E-state index in [0.29, 0.717) is 17.1 Å². The molecule has 0 atom stereocenters. The zero-order valence-corrected chi connectivity index (χ0v) is 13.7. The van der Waals surface area contributed by atoms with Crippen LogP contribution in [0, 0.1) is 5.82 Å². The summed E-state index contributed by atoms with van der Waals surface area (Å²) in [5, 5.41) is 2.78. The summed E-state index contributed by atoms with van der Waals surface area (Å²) in [5.41, 5.74) is 0.885. The number of halogens is 2. The predicted octanol–water partition coefficient (Wildman–Crippen LogP) is 2.99. The van der Waals surface area contributed by atoms with E-state index >= 15 is 0 Å². The van der Waals surface area contributed by atoms with E-state index < -0.39 is 11.7 Å². The van der Waals surface area contributed by atoms with Crippen LogP contribution in [0.25, 0.3) is 11.3 Å². The molecule has 1 aromatic carbocycles. The lowest BCUT2D eigenvalue weighted by atomic mass is 10.1. The van der Waals surface area contributed by atoms with Crippen LogP contribution in [0.2, 0.25) is 5.02 Å². The molecule has 0 unspecified atom stereocenters. The van der Waals surface area contributed by atoms with E-state index in [9.17, 15) is 9.18 Å². The second-order valence-corrected chi connectivity index (χ2v) is 5.28. The van der Waals surface area contributed by atoms with Crippen molar-refractivity contribution in [2.75, 3.05) is 12.4 Å². The van der Waals surface area contributed by atoms with E-state index in [4.69, 9.17) is 16.3 Å². The standard InChI is InChI=1S/C16H11ClFN5O2/c1-25-15-7-19-14(6-20-15)23-16(24)13-5-12(21-8-22-13)9-2-10(17)4-11(18)3-9/h2-8H,1H3,(H,19,23,24). The normalized spacial score (nSPS) is 10.4. The van der Waals surface area contributed by atoms with E-state index in [1.807, 2.05) is 0 Å². The van der Waals surface area contributed by atoms with Gasteiger partial charge in [-0.05, 0) is 24.3 Å². The van der Waals surface area contributed by atoms with Crippen molar-refractivity contribution in [2.45, 2.75) is 0 Å². The van der Waals surface area contributed by atoms with Crippen LogP contribution >= 0.6 is 11.6 Å². The van der Waals surface area contributed by atoms with Gasteiger partial charge in [-0.25, -0.2) is 24.3 Å². The first-order chi connectivity index (χ1) is 12.0. The van der Waals surface area contributed by atoms with Crippen molar-refractivity contribution in [3.05, 3.63) is 59.5 Å². The van der Waals surface area contributed by atoms with Crippen molar-refractivity contribution in [3.63, 3.8) is 0 Å². The molecule has 0 radical (unpaired) electrons. The lowest BCUT2D eigenvalue weighted by molar-refractivity contribution is 0.102. The molecule has 1 N–H and O–H groups in total. The highest BCUT2D eigenvalue weighted by Gasteiger charge is 2.12. The van der Waals surface area contributed by atoms with Crippen molar-refractivity contribution in [2.24, 2.45) is 0 Å². The Kier molecular flexibility index (Phi) is 4.80. The van der Waals surface area contributed by atoms with Gasteiger partial charge in [0.15, 0.2) is 5.82 Å². The molecule has 3 aromatic rings. The SMILES string of the molecule is COc1cnc(NC(=O)c2cc(-c3cc(F)cc(Cl)c3)ncn2)cn1. The van der Waals surface area contributed by atoms with E-state index in [0.717, 1.165) is 0 Å². The number of methoxy groups -OCH3 is 1. The second kappa shape index (κ2) is 7.18. The smallest absolute Gasteiger partial charge is 0.275 e. The largest absolute Gasteiger partial charge is 0.480 e. The number of nitrogens with one attached hydrogen (secondary N) is 1. The molecule has 7 nitrogen and oxygen atoms in total. The van der Waals surface area contributed by atoms with Gasteiger partial charge in [-0.3, -0.25) is 4.79 Å². The number of anilines is 1. The van der Waals surface area contributed by atoms with Gasteiger partial charge in [-0.1, -0.05) is 11.6 Å². The first kappa shape index (κ1) is 16.7. The maximum Gasteiger partial charge on any atom is 0.275 e. The Bertz CT molecular complexity index is 900. The number of aromatic nitrogens is 4. The van der Waals surface area contributed by atoms with Gasteiger partial charge in [-0.2, -0.15) is 0 Å². The van der Waals surface area contributed by atoms with Crippen LogP contribution in [-0.2, 0) is 0 Å². The summed E-state index contributed by atoms with van der Waals surface area (Å²) in [6.07, 6.45) is 3.93. The number of ether oxygens (including phenoxy) is 1. The summed E-state index contributed by atoms with van der Waals surface area (Å²) in [6, 6.07) is 5.42. The Balaban J connectivity index is 1.83. The number of benzene rings is 1. The average Bonchev–Trinajstić information content (AvgIpc) is 2.61. The minimum absolute atomic E-state index is 0.0861. The molecule has 25 heavy (non-hydrogen) atoms. The number of hydrogen-bond acceptors (Lipinski definition) is 6. The topological polar surface area (TPSA) is 89.9 Å². The lowest BCUT2D eigenvalue weighted by Gasteiger charge is -2.06. The minimum atomic E-state index is -0.509. The van der Waals surface area contributed by atoms with Gasteiger partial charge in [0.05, 0.1) is 25.2 Å². The van der Waals surface area contributed by atoms with Crippen LogP contribution in [0.5, 0.6) is 5.88 Å². The van der Waals surface area contributed by atoms with Crippen molar-refractivity contribution < 1.29 is 13.9 Å². The summed E-state index contributed by atoms with van der Waals surface area (Å²) in [5.74, 6) is -0.448. The fourth-order valence-electron chi connectivity index (χ4n) is 2.01. The van der Waals surface area contributed by atoms with E-state index in [1.165, 1.54) is 44.0 Å². The van der Waals surface area contributed by atoms with E-state index in [-0.39, 0.29) is 16.5 Å². The fourth-order valence-corrected chi connectivity index (χ4v) is 2.23. The Morgan fingerprint density at radius 1 is 1.12 bits per heavy atom. The van der Waals surface area contributed by atoms with Gasteiger partial charge in [-0.15, -0.1) is 0 Å². The first-order valence-corrected chi connectivity index (χ1v) is 7.39. The summed E-state index contributed by atoms with van der Waals surface area (Å²) in [6.45, 7) is 0. The van der Waals surface area contributed by atoms with Crippen LogP contribution < -0.4 is 10.1 Å². The molecular formula is C16H11ClFN5O2. The van der Waals surface area contributed by atoms with Crippen molar-refractivity contribution in [1.29, 1.82) is 0 Å². The third-order valence-corrected chi connectivity index (χ3v) is 3.36.